The molecule has 0 aliphatic heterocycles. The Bertz CT molecular complexity index is 425. The van der Waals surface area contributed by atoms with E-state index in [2.05, 4.69) is 5.32 Å². The Labute approximate surface area is 103 Å². The average Bonchev–Trinajstić information content (AvgIpc) is 2.35. The number of halogens is 1. The van der Waals surface area contributed by atoms with Gasteiger partial charge in [0.1, 0.15) is 6.04 Å². The summed E-state index contributed by atoms with van der Waals surface area (Å²) in [5.41, 5.74) is 2.06. The zero-order chi connectivity index (χ0) is 12.8. The molecule has 1 rings (SSSR count). The first-order valence-electron chi connectivity index (χ1n) is 4.77. The summed E-state index contributed by atoms with van der Waals surface area (Å²) in [7, 11) is 0. The van der Waals surface area contributed by atoms with Crippen molar-refractivity contribution in [1.29, 1.82) is 0 Å². The number of amides is 2. The van der Waals surface area contributed by atoms with Crippen molar-refractivity contribution in [1.82, 2.24) is 10.7 Å². The molecule has 0 aliphatic carbocycles. The molecule has 0 fully saturated rings. The highest BCUT2D eigenvalue weighted by Crippen LogP contribution is 2.14. The van der Waals surface area contributed by atoms with Crippen LogP contribution in [0.15, 0.2) is 24.3 Å². The second kappa shape index (κ2) is 6.19. The molecular weight excluding hydrogens is 246 g/mol. The van der Waals surface area contributed by atoms with Gasteiger partial charge < -0.3 is 10.4 Å². The number of nitrogens with one attached hydrogen (secondary N) is 2. The van der Waals surface area contributed by atoms with Crippen LogP contribution in [0.1, 0.15) is 10.4 Å². The number of nitrogens with two attached hydrogens (primary N) is 1. The number of hydrogen-bond donors (Lipinski definition) is 4. The number of hydrogen-bond acceptors (Lipinski definition) is 4. The summed E-state index contributed by atoms with van der Waals surface area (Å²) < 4.78 is 0. The Morgan fingerprint density at radius 2 is 2.06 bits per heavy atom. The van der Waals surface area contributed by atoms with Crippen molar-refractivity contribution in [3.63, 3.8) is 0 Å². The van der Waals surface area contributed by atoms with Gasteiger partial charge in [0.25, 0.3) is 11.8 Å². The van der Waals surface area contributed by atoms with Crippen molar-refractivity contribution < 1.29 is 14.7 Å². The maximum Gasteiger partial charge on any atom is 0.258 e. The SMILES string of the molecule is NNC(=O)[C@@H](CO)NC(=O)c1ccccc1Cl. The standard InChI is InChI=1S/C10H12ClN3O3/c11-7-4-2-1-3-6(7)9(16)13-8(5-15)10(17)14-12/h1-4,8,15H,5,12H2,(H,13,16)(H,14,17)/t8-/m1/s1. The summed E-state index contributed by atoms with van der Waals surface area (Å²) >= 11 is 5.81. The van der Waals surface area contributed by atoms with Crippen molar-refractivity contribution in [2.45, 2.75) is 6.04 Å². The molecule has 2 amide bonds. The fourth-order valence-electron chi connectivity index (χ4n) is 1.18. The molecule has 1 atom stereocenters. The van der Waals surface area contributed by atoms with E-state index in [1.807, 2.05) is 5.43 Å². The number of rotatable bonds is 4. The van der Waals surface area contributed by atoms with Gasteiger partial charge in [-0.1, -0.05) is 23.7 Å². The van der Waals surface area contributed by atoms with Gasteiger partial charge in [0.05, 0.1) is 17.2 Å². The van der Waals surface area contributed by atoms with Gasteiger partial charge in [0, 0.05) is 0 Å². The minimum Gasteiger partial charge on any atom is -0.394 e. The van der Waals surface area contributed by atoms with Crippen LogP contribution in [-0.4, -0.2) is 29.6 Å². The third-order valence-corrected chi connectivity index (χ3v) is 2.39. The summed E-state index contributed by atoms with van der Waals surface area (Å²) in [5.74, 6) is 3.66. The highest BCUT2D eigenvalue weighted by Gasteiger charge is 2.20. The summed E-state index contributed by atoms with van der Waals surface area (Å²) in [6.45, 7) is -0.556. The molecule has 0 radical (unpaired) electrons. The van der Waals surface area contributed by atoms with Gasteiger partial charge in [-0.3, -0.25) is 15.0 Å². The van der Waals surface area contributed by atoms with E-state index in [1.54, 1.807) is 18.2 Å². The molecule has 0 aromatic heterocycles. The average molecular weight is 258 g/mol. The zero-order valence-electron chi connectivity index (χ0n) is 8.81. The quantitative estimate of drug-likeness (QED) is 0.329. The van der Waals surface area contributed by atoms with E-state index in [1.165, 1.54) is 6.07 Å². The van der Waals surface area contributed by atoms with Crippen LogP contribution in [0.2, 0.25) is 5.02 Å². The van der Waals surface area contributed by atoms with Crippen molar-refractivity contribution >= 4 is 23.4 Å². The summed E-state index contributed by atoms with van der Waals surface area (Å²) in [6.07, 6.45) is 0. The van der Waals surface area contributed by atoms with E-state index in [0.29, 0.717) is 0 Å². The summed E-state index contributed by atoms with van der Waals surface area (Å²) in [4.78, 5) is 22.9. The molecule has 92 valence electrons. The third-order valence-electron chi connectivity index (χ3n) is 2.07. The lowest BCUT2D eigenvalue weighted by molar-refractivity contribution is -0.123. The number of carbonyl (C=O) groups excluding carboxylic acids is 2. The van der Waals surface area contributed by atoms with Crippen LogP contribution in [0.5, 0.6) is 0 Å². The minimum atomic E-state index is -1.11. The normalized spacial score (nSPS) is 11.7. The van der Waals surface area contributed by atoms with Gasteiger partial charge in [0.2, 0.25) is 0 Å². The summed E-state index contributed by atoms with van der Waals surface area (Å²) in [6, 6.07) is 5.26. The molecule has 6 nitrogen and oxygen atoms in total. The Hall–Kier alpha value is -1.63. The van der Waals surface area contributed by atoms with Gasteiger partial charge in [-0.05, 0) is 12.1 Å². The molecular formula is C10H12ClN3O3. The Morgan fingerprint density at radius 1 is 1.41 bits per heavy atom. The molecule has 0 spiro atoms. The van der Waals surface area contributed by atoms with E-state index in [4.69, 9.17) is 22.6 Å². The van der Waals surface area contributed by atoms with Crippen molar-refractivity contribution in [3.8, 4) is 0 Å². The fraction of sp³-hybridized carbons (Fsp3) is 0.200. The van der Waals surface area contributed by atoms with E-state index in [-0.39, 0.29) is 10.6 Å². The Balaban J connectivity index is 2.78. The smallest absolute Gasteiger partial charge is 0.258 e. The van der Waals surface area contributed by atoms with E-state index >= 15 is 0 Å². The first-order valence-corrected chi connectivity index (χ1v) is 5.14. The lowest BCUT2D eigenvalue weighted by atomic mass is 10.2. The Morgan fingerprint density at radius 3 is 2.59 bits per heavy atom. The van der Waals surface area contributed by atoms with E-state index in [9.17, 15) is 9.59 Å². The number of hydrazine groups is 1. The lowest BCUT2D eigenvalue weighted by Crippen LogP contribution is -2.50. The lowest BCUT2D eigenvalue weighted by Gasteiger charge is -2.14. The molecule has 1 aromatic carbocycles. The van der Waals surface area contributed by atoms with Crippen molar-refractivity contribution in [2.75, 3.05) is 6.61 Å². The second-order valence-electron chi connectivity index (χ2n) is 3.20. The van der Waals surface area contributed by atoms with Crippen molar-refractivity contribution in [2.24, 2.45) is 5.84 Å². The molecule has 1 aromatic rings. The maximum atomic E-state index is 11.7. The zero-order valence-corrected chi connectivity index (χ0v) is 9.57. The maximum absolute atomic E-state index is 11.7. The van der Waals surface area contributed by atoms with Crippen LogP contribution < -0.4 is 16.6 Å². The van der Waals surface area contributed by atoms with E-state index < -0.39 is 24.5 Å². The van der Waals surface area contributed by atoms with Crippen LogP contribution in [0.3, 0.4) is 0 Å². The van der Waals surface area contributed by atoms with Gasteiger partial charge in [-0.15, -0.1) is 0 Å². The second-order valence-corrected chi connectivity index (χ2v) is 3.60. The molecule has 0 aliphatic rings. The minimum absolute atomic E-state index is 0.220. The highest BCUT2D eigenvalue weighted by atomic mass is 35.5. The van der Waals surface area contributed by atoms with Crippen molar-refractivity contribution in [3.05, 3.63) is 34.9 Å². The van der Waals surface area contributed by atoms with Crippen LogP contribution in [0.4, 0.5) is 0 Å². The molecule has 0 bridgehead atoms. The van der Waals surface area contributed by atoms with Crippen LogP contribution in [-0.2, 0) is 4.79 Å². The number of carbonyl (C=O) groups is 2. The van der Waals surface area contributed by atoms with Crippen LogP contribution in [0, 0.1) is 0 Å². The molecule has 5 N–H and O–H groups in total. The van der Waals surface area contributed by atoms with Gasteiger partial charge in [0.15, 0.2) is 0 Å². The van der Waals surface area contributed by atoms with Gasteiger partial charge in [-0.2, -0.15) is 0 Å². The van der Waals surface area contributed by atoms with Crippen LogP contribution >= 0.6 is 11.6 Å². The third kappa shape index (κ3) is 3.42. The largest absolute Gasteiger partial charge is 0.394 e. The van der Waals surface area contributed by atoms with E-state index in [0.717, 1.165) is 0 Å². The molecule has 0 heterocycles. The molecule has 7 heteroatoms. The fourth-order valence-corrected chi connectivity index (χ4v) is 1.40. The number of aliphatic hydroxyl groups is 1. The molecule has 0 saturated carbocycles. The van der Waals surface area contributed by atoms with Crippen LogP contribution in [0.25, 0.3) is 0 Å². The monoisotopic (exact) mass is 257 g/mol. The predicted octanol–water partition coefficient (Wildman–Crippen LogP) is -0.579. The highest BCUT2D eigenvalue weighted by molar-refractivity contribution is 6.33. The first kappa shape index (κ1) is 13.4. The topological polar surface area (TPSA) is 104 Å². The number of aliphatic hydroxyl groups excluding tert-OH is 1. The van der Waals surface area contributed by atoms with Gasteiger partial charge in [-0.25, -0.2) is 5.84 Å². The predicted molar refractivity (Wildman–Crippen MR) is 62.1 cm³/mol. The Kier molecular flexibility index (Phi) is 4.89. The first-order chi connectivity index (χ1) is 8.10. The van der Waals surface area contributed by atoms with Gasteiger partial charge >= 0.3 is 0 Å². The molecule has 0 unspecified atom stereocenters. The number of benzene rings is 1. The molecule has 0 saturated heterocycles. The summed E-state index contributed by atoms with van der Waals surface area (Å²) in [5, 5.41) is 11.5. The molecule has 17 heavy (non-hydrogen) atoms.